The first kappa shape index (κ1) is 6.39. The van der Waals surface area contributed by atoms with Crippen LogP contribution in [-0.2, 0) is 0 Å². The van der Waals surface area contributed by atoms with Crippen LogP contribution in [0.3, 0.4) is 0 Å². The van der Waals surface area contributed by atoms with Gasteiger partial charge in [0.25, 0.3) is 0 Å². The minimum absolute atomic E-state index is 1.08. The molecule has 0 rings (SSSR count). The second kappa shape index (κ2) is 3.58. The van der Waals surface area contributed by atoms with Crippen LogP contribution >= 0.6 is 0 Å². The molecule has 0 aliphatic carbocycles. The van der Waals surface area contributed by atoms with E-state index in [0.717, 1.165) is 6.42 Å². The van der Waals surface area contributed by atoms with Crippen LogP contribution in [0.15, 0.2) is 17.4 Å². The molecule has 0 aliphatic heterocycles. The topological polar surface area (TPSA) is 0 Å². The van der Waals surface area contributed by atoms with E-state index in [9.17, 15) is 0 Å². The highest BCUT2D eigenvalue weighted by atomic mass is 13.8. The Kier molecular flexibility index (Phi) is 3.26. The molecule has 0 aromatic heterocycles. The van der Waals surface area contributed by atoms with Crippen molar-refractivity contribution in [3.8, 4) is 0 Å². The third-order valence-corrected chi connectivity index (χ3v) is 0.879. The van der Waals surface area contributed by atoms with Crippen LogP contribution in [0.2, 0.25) is 0 Å². The summed E-state index contributed by atoms with van der Waals surface area (Å²) in [6, 6.07) is 0. The highest BCUT2D eigenvalue weighted by Crippen LogP contribution is 1.92. The summed E-state index contributed by atoms with van der Waals surface area (Å²) < 4.78 is 0. The first-order valence-corrected chi connectivity index (χ1v) is 2.51. The molecular weight excluding hydrogens is 84.1 g/mol. The molecule has 0 bridgehead atoms. The molecule has 0 radical (unpaired) electrons. The number of hydrogen-bond acceptors (Lipinski definition) is 0. The van der Waals surface area contributed by atoms with Crippen molar-refractivity contribution in [2.75, 3.05) is 0 Å². The molecule has 0 N–H and O–H groups in total. The lowest BCUT2D eigenvalue weighted by atomic mass is 10.2. The fourth-order valence-electron chi connectivity index (χ4n) is 0.276. The zero-order valence-electron chi connectivity index (χ0n) is 4.99. The lowest BCUT2D eigenvalue weighted by Crippen LogP contribution is -1.62. The van der Waals surface area contributed by atoms with E-state index in [1.807, 2.05) is 6.92 Å². The summed E-state index contributed by atoms with van der Waals surface area (Å²) in [6.07, 6.45) is 2.77. The molecule has 0 unspecified atom stereocenters. The minimum atomic E-state index is 1.08. The van der Waals surface area contributed by atoms with Gasteiger partial charge in [0.15, 0.2) is 0 Å². The summed E-state index contributed by atoms with van der Waals surface area (Å²) in [4.78, 5) is 0. The zero-order chi connectivity index (χ0) is 5.70. The Hall–Kier alpha value is -0.610. The van der Waals surface area contributed by atoms with Crippen molar-refractivity contribution < 1.29 is 0 Å². The van der Waals surface area contributed by atoms with Gasteiger partial charge in [-0.2, -0.15) is 0 Å². The molecule has 0 aliphatic rings. The zero-order valence-corrected chi connectivity index (χ0v) is 4.99. The Morgan fingerprint density at radius 3 is 2.57 bits per heavy atom. The van der Waals surface area contributed by atoms with Crippen LogP contribution < -0.4 is 0 Å². The van der Waals surface area contributed by atoms with Crippen molar-refractivity contribution in [1.82, 2.24) is 0 Å². The average Bonchev–Trinajstić information content (AvgIpc) is 1.68. The molecule has 0 fully saturated rings. The molecule has 40 valence electrons. The van der Waals surface area contributed by atoms with Crippen LogP contribution in [0.4, 0.5) is 0 Å². The fourth-order valence-corrected chi connectivity index (χ4v) is 0.276. The largest absolute Gasteiger partial charge is 0.350 e. The second-order valence-electron chi connectivity index (χ2n) is 1.48. The molecule has 0 saturated carbocycles. The van der Waals surface area contributed by atoms with Gasteiger partial charge in [0.2, 0.25) is 0 Å². The Morgan fingerprint density at radius 2 is 2.43 bits per heavy atom. The molecule has 0 saturated heterocycles. The van der Waals surface area contributed by atoms with Crippen molar-refractivity contribution in [3.63, 3.8) is 0 Å². The SMILES string of the molecule is [CH2-]C=C=C(C)CC. The van der Waals surface area contributed by atoms with E-state index in [4.69, 9.17) is 0 Å². The summed E-state index contributed by atoms with van der Waals surface area (Å²) in [6.45, 7) is 7.66. The van der Waals surface area contributed by atoms with Crippen molar-refractivity contribution >= 4 is 0 Å². The van der Waals surface area contributed by atoms with Gasteiger partial charge < -0.3 is 5.73 Å². The molecule has 7 heavy (non-hydrogen) atoms. The van der Waals surface area contributed by atoms with Crippen LogP contribution in [0, 0.1) is 6.92 Å². The molecule has 0 spiro atoms. The van der Waals surface area contributed by atoms with E-state index in [1.165, 1.54) is 5.57 Å². The lowest BCUT2D eigenvalue weighted by Gasteiger charge is -1.90. The Bertz CT molecular complexity index is 92.6. The molecular formula is C7H11-. The van der Waals surface area contributed by atoms with Crippen LogP contribution in [0.1, 0.15) is 20.3 Å². The van der Waals surface area contributed by atoms with E-state index >= 15 is 0 Å². The Balaban J connectivity index is 3.74. The van der Waals surface area contributed by atoms with Gasteiger partial charge in [-0.25, -0.2) is 13.0 Å². The standard InChI is InChI=1S/C7H11/c1-4-6-7(3)5-2/h4H,1,5H2,2-3H3/q-1. The molecule has 0 nitrogen and oxygen atoms in total. The molecule has 0 atom stereocenters. The predicted octanol–water partition coefficient (Wildman–Crippen LogP) is 2.33. The Morgan fingerprint density at radius 1 is 1.86 bits per heavy atom. The van der Waals surface area contributed by atoms with Crippen LogP contribution in [0.25, 0.3) is 0 Å². The summed E-state index contributed by atoms with van der Waals surface area (Å²) in [5.74, 6) is 0. The summed E-state index contributed by atoms with van der Waals surface area (Å²) in [5, 5.41) is 0. The average molecular weight is 95.2 g/mol. The van der Waals surface area contributed by atoms with Crippen LogP contribution in [0.5, 0.6) is 0 Å². The van der Waals surface area contributed by atoms with E-state index in [2.05, 4.69) is 19.6 Å². The van der Waals surface area contributed by atoms with E-state index in [0.29, 0.717) is 0 Å². The predicted molar refractivity (Wildman–Crippen MR) is 32.9 cm³/mol. The second-order valence-corrected chi connectivity index (χ2v) is 1.48. The molecule has 0 aromatic rings. The van der Waals surface area contributed by atoms with Gasteiger partial charge >= 0.3 is 0 Å². The third kappa shape index (κ3) is 3.21. The van der Waals surface area contributed by atoms with Crippen molar-refractivity contribution in [1.29, 1.82) is 0 Å². The molecule has 0 heterocycles. The van der Waals surface area contributed by atoms with Crippen molar-refractivity contribution in [3.05, 3.63) is 24.3 Å². The lowest BCUT2D eigenvalue weighted by molar-refractivity contribution is 1.10. The summed E-state index contributed by atoms with van der Waals surface area (Å²) >= 11 is 0. The maximum atomic E-state index is 3.52. The van der Waals surface area contributed by atoms with E-state index < -0.39 is 0 Å². The molecule has 0 amide bonds. The van der Waals surface area contributed by atoms with Gasteiger partial charge in [-0.3, -0.25) is 0 Å². The van der Waals surface area contributed by atoms with Crippen molar-refractivity contribution in [2.24, 2.45) is 0 Å². The highest BCUT2D eigenvalue weighted by molar-refractivity contribution is 4.97. The van der Waals surface area contributed by atoms with Gasteiger partial charge in [0.05, 0.1) is 0 Å². The Labute approximate surface area is 45.5 Å². The number of rotatable bonds is 1. The monoisotopic (exact) mass is 95.1 g/mol. The van der Waals surface area contributed by atoms with E-state index in [1.54, 1.807) is 6.08 Å². The smallest absolute Gasteiger partial charge is 0.0462 e. The normalized spacial score (nSPS) is 7.14. The van der Waals surface area contributed by atoms with Gasteiger partial charge in [0.1, 0.15) is 0 Å². The van der Waals surface area contributed by atoms with Crippen LogP contribution in [-0.4, -0.2) is 0 Å². The molecule has 0 heteroatoms. The van der Waals surface area contributed by atoms with Gasteiger partial charge in [0, 0.05) is 0 Å². The maximum Gasteiger partial charge on any atom is -0.0462 e. The first-order chi connectivity index (χ1) is 3.31. The van der Waals surface area contributed by atoms with Gasteiger partial charge in [-0.1, -0.05) is 13.8 Å². The molecule has 0 aromatic carbocycles. The number of hydrogen-bond donors (Lipinski definition) is 0. The van der Waals surface area contributed by atoms with Gasteiger partial charge in [-0.15, -0.1) is 5.57 Å². The highest BCUT2D eigenvalue weighted by Gasteiger charge is 1.66. The minimum Gasteiger partial charge on any atom is -0.350 e. The van der Waals surface area contributed by atoms with E-state index in [-0.39, 0.29) is 0 Å². The quantitative estimate of drug-likeness (QED) is 0.346. The fraction of sp³-hybridized carbons (Fsp3) is 0.429. The van der Waals surface area contributed by atoms with Gasteiger partial charge in [-0.05, 0) is 6.42 Å². The summed E-state index contributed by atoms with van der Waals surface area (Å²) in [7, 11) is 0. The first-order valence-electron chi connectivity index (χ1n) is 2.51. The maximum absolute atomic E-state index is 3.52. The van der Waals surface area contributed by atoms with Crippen molar-refractivity contribution in [2.45, 2.75) is 20.3 Å². The third-order valence-electron chi connectivity index (χ3n) is 0.879. The summed E-state index contributed by atoms with van der Waals surface area (Å²) in [5.41, 5.74) is 4.23. The number of allylic oxidation sites excluding steroid dienone is 1.